The zero-order valence-corrected chi connectivity index (χ0v) is 15.9. The Balaban J connectivity index is 1.69. The van der Waals surface area contributed by atoms with Crippen molar-refractivity contribution in [3.63, 3.8) is 0 Å². The number of carbonyl (C=O) groups excluding carboxylic acids is 3. The smallest absolute Gasteiger partial charge is 0.338 e. The molecule has 0 atom stereocenters. The van der Waals surface area contributed by atoms with Crippen molar-refractivity contribution >= 4 is 34.3 Å². The van der Waals surface area contributed by atoms with Gasteiger partial charge < -0.3 is 15.0 Å². The second-order valence-electron chi connectivity index (χ2n) is 6.52. The molecule has 6 nitrogen and oxygen atoms in total. The summed E-state index contributed by atoms with van der Waals surface area (Å²) in [5.74, 6) is -1.75. The van der Waals surface area contributed by atoms with Crippen molar-refractivity contribution in [2.45, 2.75) is 26.7 Å². The van der Waals surface area contributed by atoms with Crippen molar-refractivity contribution in [3.8, 4) is 0 Å². The molecule has 1 heterocycles. The van der Waals surface area contributed by atoms with E-state index in [0.717, 1.165) is 18.4 Å². The van der Waals surface area contributed by atoms with Crippen LogP contribution >= 0.6 is 0 Å². The molecule has 1 aromatic heterocycles. The van der Waals surface area contributed by atoms with Gasteiger partial charge in [-0.1, -0.05) is 31.5 Å². The molecule has 2 N–H and O–H groups in total. The first-order valence-electron chi connectivity index (χ1n) is 9.21. The monoisotopic (exact) mass is 378 g/mol. The molecule has 6 heteroatoms. The summed E-state index contributed by atoms with van der Waals surface area (Å²) >= 11 is 0. The van der Waals surface area contributed by atoms with Gasteiger partial charge >= 0.3 is 5.97 Å². The lowest BCUT2D eigenvalue weighted by Gasteiger charge is -2.07. The molecule has 1 amide bonds. The lowest BCUT2D eigenvalue weighted by atomic mass is 10.1. The van der Waals surface area contributed by atoms with Crippen molar-refractivity contribution in [1.29, 1.82) is 0 Å². The van der Waals surface area contributed by atoms with Gasteiger partial charge in [-0.15, -0.1) is 0 Å². The number of nitrogens with one attached hydrogen (secondary N) is 2. The number of Topliss-reactive ketones (excluding diaryl/α,β-unsaturated/α-hetero) is 1. The van der Waals surface area contributed by atoms with Gasteiger partial charge in [0.05, 0.1) is 17.7 Å². The summed E-state index contributed by atoms with van der Waals surface area (Å²) in [6.07, 6.45) is 1.76. The average Bonchev–Trinajstić information content (AvgIpc) is 3.03. The highest BCUT2D eigenvalue weighted by molar-refractivity contribution is 6.48. The number of hydrogen-bond donors (Lipinski definition) is 2. The first kappa shape index (κ1) is 19.4. The van der Waals surface area contributed by atoms with E-state index in [1.165, 1.54) is 0 Å². The minimum atomic E-state index is -0.730. The van der Waals surface area contributed by atoms with E-state index in [0.29, 0.717) is 34.5 Å². The number of benzene rings is 2. The fourth-order valence-corrected chi connectivity index (χ4v) is 2.95. The Morgan fingerprint density at radius 3 is 2.46 bits per heavy atom. The van der Waals surface area contributed by atoms with Gasteiger partial charge in [0.2, 0.25) is 0 Å². The van der Waals surface area contributed by atoms with Crippen LogP contribution in [0.4, 0.5) is 5.69 Å². The molecule has 0 aliphatic carbocycles. The summed E-state index contributed by atoms with van der Waals surface area (Å²) in [6.45, 7) is 4.16. The van der Waals surface area contributed by atoms with E-state index >= 15 is 0 Å². The summed E-state index contributed by atoms with van der Waals surface area (Å²) < 4.78 is 5.15. The van der Waals surface area contributed by atoms with Crippen molar-refractivity contribution in [2.24, 2.45) is 0 Å². The first-order valence-corrected chi connectivity index (χ1v) is 9.21. The highest BCUT2D eigenvalue weighted by Crippen LogP contribution is 2.23. The van der Waals surface area contributed by atoms with Crippen LogP contribution in [0.3, 0.4) is 0 Å². The number of para-hydroxylation sites is 1. The minimum absolute atomic E-state index is 0.365. The van der Waals surface area contributed by atoms with E-state index in [-0.39, 0.29) is 0 Å². The zero-order chi connectivity index (χ0) is 20.1. The Labute approximate surface area is 162 Å². The molecule has 0 aliphatic heterocycles. The largest absolute Gasteiger partial charge is 0.462 e. The van der Waals surface area contributed by atoms with Crippen LogP contribution < -0.4 is 5.32 Å². The molecule has 144 valence electrons. The average molecular weight is 378 g/mol. The number of aromatic amines is 1. The molecule has 0 saturated carbocycles. The predicted molar refractivity (Wildman–Crippen MR) is 108 cm³/mol. The lowest BCUT2D eigenvalue weighted by Crippen LogP contribution is -2.23. The molecule has 3 aromatic rings. The third kappa shape index (κ3) is 4.11. The third-order valence-corrected chi connectivity index (χ3v) is 4.44. The highest BCUT2D eigenvalue weighted by atomic mass is 16.5. The SMILES string of the molecule is CCCCOC(=O)c1ccc(NC(=O)C(=O)c2c(C)[nH]c3ccccc23)cc1. The lowest BCUT2D eigenvalue weighted by molar-refractivity contribution is -0.112. The number of amides is 1. The van der Waals surface area contributed by atoms with Crippen LogP contribution in [0.25, 0.3) is 10.9 Å². The van der Waals surface area contributed by atoms with Crippen LogP contribution in [-0.4, -0.2) is 29.3 Å². The number of hydrogen-bond acceptors (Lipinski definition) is 4. The van der Waals surface area contributed by atoms with Crippen LogP contribution in [0.15, 0.2) is 48.5 Å². The van der Waals surface area contributed by atoms with E-state index in [2.05, 4.69) is 10.3 Å². The number of anilines is 1. The summed E-state index contributed by atoms with van der Waals surface area (Å²) in [5.41, 5.74) is 2.65. The molecule has 2 aromatic carbocycles. The van der Waals surface area contributed by atoms with Crippen LogP contribution in [-0.2, 0) is 9.53 Å². The van der Waals surface area contributed by atoms with E-state index in [4.69, 9.17) is 4.74 Å². The molecule has 0 fully saturated rings. The van der Waals surface area contributed by atoms with Gasteiger partial charge in [0.15, 0.2) is 0 Å². The Kier molecular flexibility index (Phi) is 5.89. The number of ether oxygens (including phenoxy) is 1. The molecule has 0 aliphatic rings. The van der Waals surface area contributed by atoms with Gasteiger partial charge in [0.1, 0.15) is 0 Å². The maximum absolute atomic E-state index is 12.7. The standard InChI is InChI=1S/C22H22N2O4/c1-3-4-13-28-22(27)15-9-11-16(12-10-15)24-21(26)20(25)19-14(2)23-18-8-6-5-7-17(18)19/h5-12,23H,3-4,13H2,1-2H3,(H,24,26). The molecule has 0 radical (unpaired) electrons. The van der Waals surface area contributed by atoms with Crippen LogP contribution in [0, 0.1) is 6.92 Å². The number of rotatable bonds is 7. The van der Waals surface area contributed by atoms with Crippen molar-refractivity contribution in [3.05, 3.63) is 65.4 Å². The molecular weight excluding hydrogens is 356 g/mol. The zero-order valence-electron chi connectivity index (χ0n) is 15.9. The van der Waals surface area contributed by atoms with Gasteiger partial charge in [-0.25, -0.2) is 4.79 Å². The number of fused-ring (bicyclic) bond motifs is 1. The van der Waals surface area contributed by atoms with Gasteiger partial charge in [-0.05, 0) is 43.7 Å². The first-order chi connectivity index (χ1) is 13.5. The van der Waals surface area contributed by atoms with Crippen LogP contribution in [0.2, 0.25) is 0 Å². The molecule has 0 spiro atoms. The number of esters is 1. The highest BCUT2D eigenvalue weighted by Gasteiger charge is 2.22. The summed E-state index contributed by atoms with van der Waals surface area (Å²) in [4.78, 5) is 40.1. The summed E-state index contributed by atoms with van der Waals surface area (Å²) in [7, 11) is 0. The summed E-state index contributed by atoms with van der Waals surface area (Å²) in [6, 6.07) is 13.6. The Morgan fingerprint density at radius 2 is 1.75 bits per heavy atom. The summed E-state index contributed by atoms with van der Waals surface area (Å²) in [5, 5.41) is 3.30. The number of H-pyrrole nitrogens is 1. The van der Waals surface area contributed by atoms with Gasteiger partial charge in [0, 0.05) is 22.3 Å². The number of unbranched alkanes of at least 4 members (excludes halogenated alkanes) is 1. The second-order valence-corrected chi connectivity index (χ2v) is 6.52. The number of ketones is 1. The van der Waals surface area contributed by atoms with Gasteiger partial charge in [-0.3, -0.25) is 9.59 Å². The molecule has 0 bridgehead atoms. The van der Waals surface area contributed by atoms with Crippen molar-refractivity contribution in [1.82, 2.24) is 4.98 Å². The molecule has 0 saturated heterocycles. The number of carbonyl (C=O) groups is 3. The van der Waals surface area contributed by atoms with Crippen molar-refractivity contribution in [2.75, 3.05) is 11.9 Å². The Hall–Kier alpha value is -3.41. The van der Waals surface area contributed by atoms with Gasteiger partial charge in [-0.2, -0.15) is 0 Å². The van der Waals surface area contributed by atoms with Gasteiger partial charge in [0.25, 0.3) is 11.7 Å². The van der Waals surface area contributed by atoms with E-state index in [1.807, 2.05) is 25.1 Å². The maximum atomic E-state index is 12.7. The number of aryl methyl sites for hydroxylation is 1. The molecule has 0 unspecified atom stereocenters. The quantitative estimate of drug-likeness (QED) is 0.278. The third-order valence-electron chi connectivity index (χ3n) is 4.44. The topological polar surface area (TPSA) is 88.3 Å². The molecule has 3 rings (SSSR count). The van der Waals surface area contributed by atoms with Crippen molar-refractivity contribution < 1.29 is 19.1 Å². The number of aromatic nitrogens is 1. The fraction of sp³-hybridized carbons (Fsp3) is 0.227. The predicted octanol–water partition coefficient (Wildman–Crippen LogP) is 4.25. The Morgan fingerprint density at radius 1 is 1.04 bits per heavy atom. The van der Waals surface area contributed by atoms with E-state index in [9.17, 15) is 14.4 Å². The van der Waals surface area contributed by atoms with E-state index < -0.39 is 17.7 Å². The molecular formula is C22H22N2O4. The molecule has 28 heavy (non-hydrogen) atoms. The normalized spacial score (nSPS) is 10.6. The Bertz CT molecular complexity index is 1020. The minimum Gasteiger partial charge on any atom is -0.462 e. The van der Waals surface area contributed by atoms with Crippen LogP contribution in [0.1, 0.15) is 46.2 Å². The fourth-order valence-electron chi connectivity index (χ4n) is 2.95. The van der Waals surface area contributed by atoms with Crippen LogP contribution in [0.5, 0.6) is 0 Å². The second kappa shape index (κ2) is 8.52. The maximum Gasteiger partial charge on any atom is 0.338 e. The van der Waals surface area contributed by atoms with E-state index in [1.54, 1.807) is 37.3 Å².